The van der Waals surface area contributed by atoms with Gasteiger partial charge in [0.1, 0.15) is 0 Å². The molecule has 2 N–H and O–H groups in total. The number of methoxy groups -OCH3 is 2. The lowest BCUT2D eigenvalue weighted by atomic mass is 10.5. The molecule has 0 aliphatic heterocycles. The van der Waals surface area contributed by atoms with Crippen LogP contribution >= 0.6 is 0 Å². The predicted molar refractivity (Wildman–Crippen MR) is 37.4 cm³/mol. The number of aliphatic carboxylic acids is 1. The SMILES string of the molecule is COC(OC)(OCCO)C(=O)O. The molecule has 0 heterocycles. The predicted octanol–water partition coefficient (Wildman–Crippen LogP) is -0.974. The molecule has 0 aromatic carbocycles. The molecule has 0 aromatic heterocycles. The Kier molecular flexibility index (Phi) is 4.75. The molecule has 0 saturated carbocycles. The van der Waals surface area contributed by atoms with Gasteiger partial charge >= 0.3 is 11.9 Å². The van der Waals surface area contributed by atoms with Gasteiger partial charge in [-0.2, -0.15) is 0 Å². The maximum atomic E-state index is 10.5. The van der Waals surface area contributed by atoms with Crippen LogP contribution in [-0.4, -0.2) is 49.6 Å². The van der Waals surface area contributed by atoms with Gasteiger partial charge in [-0.25, -0.2) is 4.79 Å². The Balaban J connectivity index is 4.25. The molecule has 0 aromatic rings. The lowest BCUT2D eigenvalue weighted by Crippen LogP contribution is -2.46. The summed E-state index contributed by atoms with van der Waals surface area (Å²) in [4.78, 5) is 10.5. The molecule has 0 bridgehead atoms. The number of carbonyl (C=O) groups is 1. The van der Waals surface area contributed by atoms with Crippen LogP contribution in [0.2, 0.25) is 0 Å². The van der Waals surface area contributed by atoms with Gasteiger partial charge in [0.05, 0.1) is 13.2 Å². The van der Waals surface area contributed by atoms with Gasteiger partial charge in [0.2, 0.25) is 0 Å². The normalized spacial score (nSPS) is 11.6. The van der Waals surface area contributed by atoms with E-state index in [4.69, 9.17) is 10.2 Å². The molecule has 0 atom stereocenters. The zero-order valence-corrected chi connectivity index (χ0v) is 6.94. The topological polar surface area (TPSA) is 85.2 Å². The van der Waals surface area contributed by atoms with Crippen molar-refractivity contribution in [3.8, 4) is 0 Å². The van der Waals surface area contributed by atoms with E-state index in [-0.39, 0.29) is 13.2 Å². The quantitative estimate of drug-likeness (QED) is 0.511. The molecular formula is C6H12O6. The second kappa shape index (κ2) is 5.04. The molecule has 0 aliphatic rings. The van der Waals surface area contributed by atoms with Crippen LogP contribution in [0.5, 0.6) is 0 Å². The molecule has 0 amide bonds. The molecule has 72 valence electrons. The Bertz CT molecular complexity index is 141. The van der Waals surface area contributed by atoms with Gasteiger partial charge in [0.15, 0.2) is 0 Å². The van der Waals surface area contributed by atoms with Gasteiger partial charge in [-0.1, -0.05) is 0 Å². The Morgan fingerprint density at radius 1 is 1.42 bits per heavy atom. The van der Waals surface area contributed by atoms with Crippen LogP contribution in [0, 0.1) is 0 Å². The van der Waals surface area contributed by atoms with Crippen molar-refractivity contribution in [3.05, 3.63) is 0 Å². The minimum atomic E-state index is -2.11. The summed E-state index contributed by atoms with van der Waals surface area (Å²) in [6.45, 7) is -0.476. The highest BCUT2D eigenvalue weighted by atomic mass is 16.9. The lowest BCUT2D eigenvalue weighted by molar-refractivity contribution is -0.346. The van der Waals surface area contributed by atoms with Gasteiger partial charge in [0.25, 0.3) is 0 Å². The summed E-state index contributed by atoms with van der Waals surface area (Å²) in [6, 6.07) is 0. The summed E-state index contributed by atoms with van der Waals surface area (Å²) in [7, 11) is 2.27. The average molecular weight is 180 g/mol. The largest absolute Gasteiger partial charge is 0.475 e. The smallest absolute Gasteiger partial charge is 0.395 e. The van der Waals surface area contributed by atoms with E-state index in [1.165, 1.54) is 0 Å². The second-order valence-electron chi connectivity index (χ2n) is 1.84. The molecule has 0 saturated heterocycles. The Hall–Kier alpha value is -0.690. The van der Waals surface area contributed by atoms with Crippen molar-refractivity contribution in [1.29, 1.82) is 0 Å². The Labute approximate surface area is 69.7 Å². The fourth-order valence-corrected chi connectivity index (χ4v) is 0.618. The van der Waals surface area contributed by atoms with Crippen molar-refractivity contribution in [1.82, 2.24) is 0 Å². The highest BCUT2D eigenvalue weighted by Gasteiger charge is 2.40. The zero-order valence-electron chi connectivity index (χ0n) is 6.94. The van der Waals surface area contributed by atoms with Crippen molar-refractivity contribution in [2.75, 3.05) is 27.4 Å². The minimum Gasteiger partial charge on any atom is -0.475 e. The first-order chi connectivity index (χ1) is 5.63. The molecule has 6 nitrogen and oxygen atoms in total. The highest BCUT2D eigenvalue weighted by Crippen LogP contribution is 2.12. The number of carboxylic acid groups (broad SMARTS) is 1. The van der Waals surface area contributed by atoms with E-state index in [0.717, 1.165) is 14.2 Å². The number of aliphatic hydroxyl groups is 1. The van der Waals surface area contributed by atoms with E-state index < -0.39 is 11.9 Å². The molecule has 0 rings (SSSR count). The van der Waals surface area contributed by atoms with Crippen LogP contribution in [0.15, 0.2) is 0 Å². The molecular weight excluding hydrogens is 168 g/mol. The molecule has 12 heavy (non-hydrogen) atoms. The third-order valence-corrected chi connectivity index (χ3v) is 1.18. The van der Waals surface area contributed by atoms with E-state index in [1.807, 2.05) is 0 Å². The standard InChI is InChI=1S/C6H12O6/c1-10-6(11-2,5(8)9)12-4-3-7/h7H,3-4H2,1-2H3,(H,8,9). The van der Waals surface area contributed by atoms with Crippen molar-refractivity contribution in [3.63, 3.8) is 0 Å². The minimum absolute atomic E-state index is 0.173. The molecule has 0 fully saturated rings. The average Bonchev–Trinajstić information content (AvgIpc) is 2.07. The van der Waals surface area contributed by atoms with Crippen LogP contribution in [0.25, 0.3) is 0 Å². The van der Waals surface area contributed by atoms with Crippen molar-refractivity contribution in [2.45, 2.75) is 5.97 Å². The van der Waals surface area contributed by atoms with Gasteiger partial charge < -0.3 is 24.4 Å². The van der Waals surface area contributed by atoms with Crippen molar-refractivity contribution >= 4 is 5.97 Å². The van der Waals surface area contributed by atoms with E-state index in [9.17, 15) is 4.79 Å². The lowest BCUT2D eigenvalue weighted by Gasteiger charge is -2.24. The summed E-state index contributed by atoms with van der Waals surface area (Å²) >= 11 is 0. The van der Waals surface area contributed by atoms with Gasteiger partial charge in [-0.15, -0.1) is 0 Å². The second-order valence-corrected chi connectivity index (χ2v) is 1.84. The summed E-state index contributed by atoms with van der Waals surface area (Å²) in [5, 5.41) is 17.0. The Morgan fingerprint density at radius 3 is 2.17 bits per heavy atom. The first kappa shape index (κ1) is 11.3. The first-order valence-electron chi connectivity index (χ1n) is 3.21. The van der Waals surface area contributed by atoms with E-state index >= 15 is 0 Å². The number of aliphatic hydroxyl groups excluding tert-OH is 1. The monoisotopic (exact) mass is 180 g/mol. The maximum absolute atomic E-state index is 10.5. The number of ether oxygens (including phenoxy) is 3. The summed E-state index contributed by atoms with van der Waals surface area (Å²) in [5.41, 5.74) is 0. The molecule has 6 heteroatoms. The number of carboxylic acids is 1. The molecule has 0 aliphatic carbocycles. The third kappa shape index (κ3) is 2.42. The van der Waals surface area contributed by atoms with Gasteiger partial charge in [-0.05, 0) is 0 Å². The fourth-order valence-electron chi connectivity index (χ4n) is 0.618. The molecule has 0 spiro atoms. The van der Waals surface area contributed by atoms with Crippen LogP contribution < -0.4 is 0 Å². The zero-order chi connectivity index (χ0) is 9.61. The fraction of sp³-hybridized carbons (Fsp3) is 0.833. The van der Waals surface area contributed by atoms with Crippen LogP contribution in [-0.2, 0) is 19.0 Å². The maximum Gasteiger partial charge on any atom is 0.395 e. The summed E-state index contributed by atoms with van der Waals surface area (Å²) in [5.74, 6) is -3.51. The van der Waals surface area contributed by atoms with Crippen LogP contribution in [0.4, 0.5) is 0 Å². The number of hydrogen-bond acceptors (Lipinski definition) is 5. The first-order valence-corrected chi connectivity index (χ1v) is 3.21. The van der Waals surface area contributed by atoms with Gasteiger partial charge in [-0.3, -0.25) is 0 Å². The van der Waals surface area contributed by atoms with E-state index in [2.05, 4.69) is 14.2 Å². The number of rotatable bonds is 6. The van der Waals surface area contributed by atoms with Crippen LogP contribution in [0.1, 0.15) is 0 Å². The van der Waals surface area contributed by atoms with E-state index in [1.54, 1.807) is 0 Å². The van der Waals surface area contributed by atoms with Crippen LogP contribution in [0.3, 0.4) is 0 Å². The van der Waals surface area contributed by atoms with Gasteiger partial charge in [0, 0.05) is 14.2 Å². The van der Waals surface area contributed by atoms with Crippen molar-refractivity contribution < 1.29 is 29.2 Å². The molecule has 0 radical (unpaired) electrons. The van der Waals surface area contributed by atoms with E-state index in [0.29, 0.717) is 0 Å². The third-order valence-electron chi connectivity index (χ3n) is 1.18. The Morgan fingerprint density at radius 2 is 1.92 bits per heavy atom. The summed E-state index contributed by atoms with van der Waals surface area (Å²) in [6.07, 6.45) is 0. The highest BCUT2D eigenvalue weighted by molar-refractivity contribution is 5.73. The summed E-state index contributed by atoms with van der Waals surface area (Å²) < 4.78 is 13.6. The molecule has 0 unspecified atom stereocenters. The number of hydrogen-bond donors (Lipinski definition) is 2. The van der Waals surface area contributed by atoms with Crippen molar-refractivity contribution in [2.24, 2.45) is 0 Å².